The predicted molar refractivity (Wildman–Crippen MR) is 98.1 cm³/mol. The van der Waals surface area contributed by atoms with Crippen molar-refractivity contribution < 1.29 is 8.42 Å². The van der Waals surface area contributed by atoms with Crippen LogP contribution in [0.3, 0.4) is 0 Å². The minimum absolute atomic E-state index is 0. The van der Waals surface area contributed by atoms with Gasteiger partial charge in [0.1, 0.15) is 0 Å². The highest BCUT2D eigenvalue weighted by molar-refractivity contribution is 7.86. The Kier molecular flexibility index (Phi) is 8.28. The van der Waals surface area contributed by atoms with Crippen molar-refractivity contribution in [3.05, 3.63) is 0 Å². The second kappa shape index (κ2) is 8.99. The van der Waals surface area contributed by atoms with E-state index in [0.29, 0.717) is 49.9 Å². The fraction of sp³-hybridized carbons (Fsp3) is 1.00. The molecule has 0 saturated carbocycles. The summed E-state index contributed by atoms with van der Waals surface area (Å²) >= 11 is 0. The Morgan fingerprint density at radius 1 is 1.00 bits per heavy atom. The summed E-state index contributed by atoms with van der Waals surface area (Å²) < 4.78 is 29.5. The third-order valence-corrected chi connectivity index (χ3v) is 6.89. The number of fused-ring (bicyclic) bond motifs is 1. The van der Waals surface area contributed by atoms with Gasteiger partial charge in [0.2, 0.25) is 0 Å². The van der Waals surface area contributed by atoms with Gasteiger partial charge in [-0.15, -0.1) is 12.4 Å². The van der Waals surface area contributed by atoms with Crippen LogP contribution in [0.15, 0.2) is 0 Å². The lowest BCUT2D eigenvalue weighted by molar-refractivity contribution is 0.321. The molecule has 2 saturated heterocycles. The van der Waals surface area contributed by atoms with Crippen molar-refractivity contribution in [2.75, 3.05) is 39.3 Å². The van der Waals surface area contributed by atoms with Crippen LogP contribution in [0.2, 0.25) is 0 Å². The van der Waals surface area contributed by atoms with E-state index in [1.54, 1.807) is 8.61 Å². The molecule has 0 aromatic rings. The minimum atomic E-state index is -3.30. The highest BCUT2D eigenvalue weighted by Gasteiger charge is 2.42. The van der Waals surface area contributed by atoms with Crippen LogP contribution in [-0.2, 0) is 10.2 Å². The molecule has 0 amide bonds. The molecular weight excluding hydrogens is 334 g/mol. The highest BCUT2D eigenvalue weighted by Crippen LogP contribution is 2.29. The van der Waals surface area contributed by atoms with E-state index in [1.165, 1.54) is 0 Å². The largest absolute Gasteiger partial charge is 0.316 e. The predicted octanol–water partition coefficient (Wildman–Crippen LogP) is 2.20. The molecule has 5 nitrogen and oxygen atoms in total. The normalized spacial score (nSPS) is 25.3. The van der Waals surface area contributed by atoms with Crippen molar-refractivity contribution in [1.82, 2.24) is 13.9 Å². The summed E-state index contributed by atoms with van der Waals surface area (Å²) in [5, 5.41) is 3.37. The van der Waals surface area contributed by atoms with Gasteiger partial charge in [-0.05, 0) is 49.6 Å². The third-order valence-electron chi connectivity index (χ3n) is 4.92. The minimum Gasteiger partial charge on any atom is -0.316 e. The summed E-state index contributed by atoms with van der Waals surface area (Å²) in [5.41, 5.74) is 0. The lowest BCUT2D eigenvalue weighted by atomic mass is 10.0. The van der Waals surface area contributed by atoms with Crippen LogP contribution in [0.4, 0.5) is 0 Å². The average molecular weight is 368 g/mol. The van der Waals surface area contributed by atoms with E-state index < -0.39 is 10.2 Å². The number of hydrogen-bond donors (Lipinski definition) is 1. The standard InChI is InChI=1S/C16H33N3O2S.ClH/c1-13(2)5-7-18(8-6-14(3)4)22(20,21)19-11-15-9-17-10-16(15)12-19;/h13-17H,5-12H2,1-4H3;1H/t15-,16+;. The first-order chi connectivity index (χ1) is 10.3. The summed E-state index contributed by atoms with van der Waals surface area (Å²) in [5.74, 6) is 2.07. The van der Waals surface area contributed by atoms with Gasteiger partial charge >= 0.3 is 0 Å². The molecule has 0 bridgehead atoms. The molecule has 2 rings (SSSR count). The SMILES string of the molecule is CC(C)CCN(CCC(C)C)S(=O)(=O)N1C[C@H]2CNC[C@H]2C1.Cl. The monoisotopic (exact) mass is 367 g/mol. The second-order valence-corrected chi connectivity index (χ2v) is 9.70. The average Bonchev–Trinajstić information content (AvgIpc) is 2.98. The lowest BCUT2D eigenvalue weighted by Gasteiger charge is -2.29. The van der Waals surface area contributed by atoms with Crippen molar-refractivity contribution in [3.63, 3.8) is 0 Å². The van der Waals surface area contributed by atoms with Gasteiger partial charge < -0.3 is 5.32 Å². The van der Waals surface area contributed by atoms with Crippen LogP contribution in [0.1, 0.15) is 40.5 Å². The fourth-order valence-corrected chi connectivity index (χ4v) is 5.07. The molecule has 2 fully saturated rings. The highest BCUT2D eigenvalue weighted by atomic mass is 35.5. The zero-order valence-electron chi connectivity index (χ0n) is 15.0. The van der Waals surface area contributed by atoms with E-state index >= 15 is 0 Å². The molecule has 1 N–H and O–H groups in total. The first kappa shape index (κ1) is 21.2. The van der Waals surface area contributed by atoms with Gasteiger partial charge in [-0.1, -0.05) is 27.7 Å². The third kappa shape index (κ3) is 5.56. The number of nitrogens with zero attached hydrogens (tertiary/aromatic N) is 2. The van der Waals surface area contributed by atoms with Crippen molar-refractivity contribution in [2.24, 2.45) is 23.7 Å². The molecule has 23 heavy (non-hydrogen) atoms. The van der Waals surface area contributed by atoms with E-state index in [9.17, 15) is 8.42 Å². The quantitative estimate of drug-likeness (QED) is 0.715. The number of nitrogens with one attached hydrogen (secondary N) is 1. The van der Waals surface area contributed by atoms with Crippen LogP contribution in [0.25, 0.3) is 0 Å². The summed E-state index contributed by atoms with van der Waals surface area (Å²) in [6.07, 6.45) is 1.86. The summed E-state index contributed by atoms with van der Waals surface area (Å²) in [4.78, 5) is 0. The van der Waals surface area contributed by atoms with Crippen molar-refractivity contribution in [3.8, 4) is 0 Å². The molecule has 0 aromatic heterocycles. The number of rotatable bonds is 8. The topological polar surface area (TPSA) is 52.7 Å². The van der Waals surface area contributed by atoms with Gasteiger partial charge in [0, 0.05) is 26.2 Å². The maximum atomic E-state index is 13.0. The molecule has 138 valence electrons. The first-order valence-corrected chi connectivity index (χ1v) is 10.2. The van der Waals surface area contributed by atoms with Gasteiger partial charge in [0.25, 0.3) is 10.2 Å². The van der Waals surface area contributed by atoms with Crippen LogP contribution in [0.5, 0.6) is 0 Å². The van der Waals surface area contributed by atoms with Crippen molar-refractivity contribution in [2.45, 2.75) is 40.5 Å². The van der Waals surface area contributed by atoms with Crippen molar-refractivity contribution in [1.29, 1.82) is 0 Å². The molecule has 0 radical (unpaired) electrons. The number of halogens is 1. The summed E-state index contributed by atoms with van der Waals surface area (Å²) in [7, 11) is -3.30. The molecular formula is C16H34ClN3O2S. The van der Waals surface area contributed by atoms with E-state index in [0.717, 1.165) is 25.9 Å². The Morgan fingerprint density at radius 2 is 1.43 bits per heavy atom. The lowest BCUT2D eigenvalue weighted by Crippen LogP contribution is -2.45. The molecule has 0 aliphatic carbocycles. The first-order valence-electron chi connectivity index (χ1n) is 8.76. The van der Waals surface area contributed by atoms with Gasteiger partial charge in [0.05, 0.1) is 0 Å². The van der Waals surface area contributed by atoms with Crippen LogP contribution < -0.4 is 5.32 Å². The summed E-state index contributed by atoms with van der Waals surface area (Å²) in [6, 6.07) is 0. The molecule has 0 aromatic carbocycles. The second-order valence-electron chi connectivity index (χ2n) is 7.77. The zero-order chi connectivity index (χ0) is 16.3. The Balaban J connectivity index is 0.00000264. The Hall–Kier alpha value is 0.120. The van der Waals surface area contributed by atoms with Crippen LogP contribution in [-0.4, -0.2) is 56.3 Å². The number of hydrogen-bond acceptors (Lipinski definition) is 3. The van der Waals surface area contributed by atoms with Crippen molar-refractivity contribution >= 4 is 22.6 Å². The molecule has 2 aliphatic rings. The van der Waals surface area contributed by atoms with Gasteiger partial charge in [0.15, 0.2) is 0 Å². The Labute approximate surface area is 148 Å². The van der Waals surface area contributed by atoms with E-state index in [2.05, 4.69) is 33.0 Å². The van der Waals surface area contributed by atoms with Crippen LogP contribution in [0, 0.1) is 23.7 Å². The maximum Gasteiger partial charge on any atom is 0.281 e. The van der Waals surface area contributed by atoms with Gasteiger partial charge in [-0.2, -0.15) is 17.0 Å². The summed E-state index contributed by atoms with van der Waals surface area (Å²) in [6.45, 7) is 13.2. The fourth-order valence-electron chi connectivity index (χ4n) is 3.31. The molecule has 0 spiro atoms. The van der Waals surface area contributed by atoms with Crippen LogP contribution >= 0.6 is 12.4 Å². The van der Waals surface area contributed by atoms with Gasteiger partial charge in [-0.25, -0.2) is 0 Å². The Morgan fingerprint density at radius 3 is 1.83 bits per heavy atom. The maximum absolute atomic E-state index is 13.0. The van der Waals surface area contributed by atoms with E-state index in [1.807, 2.05) is 0 Å². The molecule has 2 atom stereocenters. The zero-order valence-corrected chi connectivity index (χ0v) is 16.6. The van der Waals surface area contributed by atoms with E-state index in [-0.39, 0.29) is 12.4 Å². The van der Waals surface area contributed by atoms with E-state index in [4.69, 9.17) is 0 Å². The molecule has 7 heteroatoms. The smallest absolute Gasteiger partial charge is 0.281 e. The Bertz CT molecular complexity index is 432. The molecule has 2 heterocycles. The molecule has 0 unspecified atom stereocenters. The van der Waals surface area contributed by atoms with Gasteiger partial charge in [-0.3, -0.25) is 0 Å². The molecule has 2 aliphatic heterocycles.